The zero-order valence-electron chi connectivity index (χ0n) is 14.4. The highest BCUT2D eigenvalue weighted by Crippen LogP contribution is 2.26. The van der Waals surface area contributed by atoms with Gasteiger partial charge < -0.3 is 14.5 Å². The Morgan fingerprint density at radius 1 is 1.18 bits per heavy atom. The van der Waals surface area contributed by atoms with E-state index in [9.17, 15) is 9.59 Å². The molecule has 1 heterocycles. The number of carbonyl (C=O) groups is 2. The maximum Gasteiger partial charge on any atom is 0.410 e. The molecule has 0 bridgehead atoms. The SMILES string of the molecule is CN(CC1CCCC1)C(=O)C1CCN(C(=O)OC(C)(C)C)C1. The predicted octanol–water partition coefficient (Wildman–Crippen LogP) is 2.89. The summed E-state index contributed by atoms with van der Waals surface area (Å²) < 4.78 is 5.38. The monoisotopic (exact) mass is 310 g/mol. The molecule has 0 aromatic heterocycles. The zero-order chi connectivity index (χ0) is 16.3. The van der Waals surface area contributed by atoms with Crippen LogP contribution in [0.1, 0.15) is 52.9 Å². The molecule has 1 aliphatic carbocycles. The van der Waals surface area contributed by atoms with E-state index in [1.807, 2.05) is 32.7 Å². The van der Waals surface area contributed by atoms with Crippen LogP contribution in [0.5, 0.6) is 0 Å². The molecule has 22 heavy (non-hydrogen) atoms. The molecule has 1 saturated carbocycles. The highest BCUT2D eigenvalue weighted by atomic mass is 16.6. The van der Waals surface area contributed by atoms with E-state index in [0.29, 0.717) is 19.0 Å². The van der Waals surface area contributed by atoms with E-state index < -0.39 is 5.60 Å². The van der Waals surface area contributed by atoms with Crippen molar-refractivity contribution in [3.05, 3.63) is 0 Å². The van der Waals surface area contributed by atoms with Gasteiger partial charge in [-0.1, -0.05) is 12.8 Å². The molecule has 0 aromatic carbocycles. The van der Waals surface area contributed by atoms with Crippen LogP contribution in [-0.4, -0.2) is 54.1 Å². The molecular weight excluding hydrogens is 280 g/mol. The summed E-state index contributed by atoms with van der Waals surface area (Å²) in [6.45, 7) is 7.55. The van der Waals surface area contributed by atoms with Gasteiger partial charge in [-0.15, -0.1) is 0 Å². The lowest BCUT2D eigenvalue weighted by Gasteiger charge is -2.26. The Bertz CT molecular complexity index is 411. The molecule has 2 rings (SSSR count). The van der Waals surface area contributed by atoms with Gasteiger partial charge in [0.2, 0.25) is 5.91 Å². The fourth-order valence-electron chi connectivity index (χ4n) is 3.44. The molecule has 0 radical (unpaired) electrons. The van der Waals surface area contributed by atoms with Gasteiger partial charge in [0.1, 0.15) is 5.60 Å². The number of likely N-dealkylation sites (tertiary alicyclic amines) is 1. The van der Waals surface area contributed by atoms with Crippen molar-refractivity contribution >= 4 is 12.0 Å². The number of hydrogen-bond acceptors (Lipinski definition) is 3. The van der Waals surface area contributed by atoms with E-state index in [-0.39, 0.29) is 17.9 Å². The Hall–Kier alpha value is -1.26. The highest BCUT2D eigenvalue weighted by Gasteiger charge is 2.35. The topological polar surface area (TPSA) is 49.9 Å². The smallest absolute Gasteiger partial charge is 0.410 e. The molecule has 0 spiro atoms. The largest absolute Gasteiger partial charge is 0.444 e. The third kappa shape index (κ3) is 4.62. The lowest BCUT2D eigenvalue weighted by molar-refractivity contribution is -0.134. The Morgan fingerprint density at radius 2 is 1.82 bits per heavy atom. The summed E-state index contributed by atoms with van der Waals surface area (Å²) in [4.78, 5) is 28.1. The van der Waals surface area contributed by atoms with Crippen LogP contribution in [0.4, 0.5) is 4.79 Å². The first kappa shape index (κ1) is 17.1. The van der Waals surface area contributed by atoms with E-state index in [4.69, 9.17) is 4.74 Å². The van der Waals surface area contributed by atoms with Gasteiger partial charge in [0, 0.05) is 26.7 Å². The summed E-state index contributed by atoms with van der Waals surface area (Å²) in [6, 6.07) is 0. The van der Waals surface area contributed by atoms with E-state index in [1.165, 1.54) is 25.7 Å². The second-order valence-corrected chi connectivity index (χ2v) is 7.78. The van der Waals surface area contributed by atoms with Gasteiger partial charge in [0.15, 0.2) is 0 Å². The maximum absolute atomic E-state index is 12.5. The summed E-state index contributed by atoms with van der Waals surface area (Å²) in [5, 5.41) is 0. The molecule has 5 heteroatoms. The van der Waals surface area contributed by atoms with Crippen LogP contribution >= 0.6 is 0 Å². The average Bonchev–Trinajstić information content (AvgIpc) is 3.06. The lowest BCUT2D eigenvalue weighted by atomic mass is 10.0. The molecule has 2 amide bonds. The number of rotatable bonds is 3. The number of nitrogens with zero attached hydrogens (tertiary/aromatic N) is 2. The summed E-state index contributed by atoms with van der Waals surface area (Å²) in [6.07, 6.45) is 5.51. The Labute approximate surface area is 134 Å². The van der Waals surface area contributed by atoms with E-state index in [2.05, 4.69) is 0 Å². The van der Waals surface area contributed by atoms with Crippen molar-refractivity contribution in [1.29, 1.82) is 0 Å². The van der Waals surface area contributed by atoms with Crippen molar-refractivity contribution < 1.29 is 14.3 Å². The van der Waals surface area contributed by atoms with Crippen molar-refractivity contribution in [2.24, 2.45) is 11.8 Å². The summed E-state index contributed by atoms with van der Waals surface area (Å²) in [7, 11) is 1.90. The number of carbonyl (C=O) groups excluding carboxylic acids is 2. The minimum absolute atomic E-state index is 0.0704. The van der Waals surface area contributed by atoms with Crippen LogP contribution in [0.25, 0.3) is 0 Å². The molecule has 2 aliphatic rings. The Balaban J connectivity index is 1.81. The molecule has 5 nitrogen and oxygen atoms in total. The van der Waals surface area contributed by atoms with Crippen LogP contribution < -0.4 is 0 Å². The minimum atomic E-state index is -0.488. The number of hydrogen-bond donors (Lipinski definition) is 0. The molecule has 1 unspecified atom stereocenters. The summed E-state index contributed by atoms with van der Waals surface area (Å²) in [5.74, 6) is 0.772. The first-order valence-corrected chi connectivity index (χ1v) is 8.49. The zero-order valence-corrected chi connectivity index (χ0v) is 14.4. The van der Waals surface area contributed by atoms with Crippen LogP contribution in [-0.2, 0) is 9.53 Å². The van der Waals surface area contributed by atoms with Gasteiger partial charge in [-0.25, -0.2) is 4.79 Å². The molecule has 1 saturated heterocycles. The highest BCUT2D eigenvalue weighted by molar-refractivity contribution is 5.80. The van der Waals surface area contributed by atoms with E-state index in [0.717, 1.165) is 13.0 Å². The van der Waals surface area contributed by atoms with Gasteiger partial charge in [-0.3, -0.25) is 4.79 Å². The molecular formula is C17H30N2O3. The molecule has 0 aromatic rings. The van der Waals surface area contributed by atoms with Crippen molar-refractivity contribution in [2.75, 3.05) is 26.7 Å². The summed E-state index contributed by atoms with van der Waals surface area (Å²) >= 11 is 0. The van der Waals surface area contributed by atoms with Gasteiger partial charge in [-0.2, -0.15) is 0 Å². The lowest BCUT2D eigenvalue weighted by Crippen LogP contribution is -2.39. The van der Waals surface area contributed by atoms with Gasteiger partial charge >= 0.3 is 6.09 Å². The van der Waals surface area contributed by atoms with Crippen LogP contribution in [0.3, 0.4) is 0 Å². The second-order valence-electron chi connectivity index (χ2n) is 7.78. The molecule has 126 valence electrons. The van der Waals surface area contributed by atoms with Crippen molar-refractivity contribution in [2.45, 2.75) is 58.5 Å². The van der Waals surface area contributed by atoms with Gasteiger partial charge in [0.25, 0.3) is 0 Å². The fraction of sp³-hybridized carbons (Fsp3) is 0.882. The van der Waals surface area contributed by atoms with Crippen LogP contribution in [0, 0.1) is 11.8 Å². The first-order valence-electron chi connectivity index (χ1n) is 8.49. The standard InChI is InChI=1S/C17H30N2O3/c1-17(2,3)22-16(21)19-10-9-14(12-19)15(20)18(4)11-13-7-5-6-8-13/h13-14H,5-12H2,1-4H3. The Kier molecular flexibility index (Phi) is 5.35. The van der Waals surface area contributed by atoms with Gasteiger partial charge in [-0.05, 0) is 46.0 Å². The van der Waals surface area contributed by atoms with Crippen LogP contribution in [0.2, 0.25) is 0 Å². The van der Waals surface area contributed by atoms with E-state index >= 15 is 0 Å². The summed E-state index contributed by atoms with van der Waals surface area (Å²) in [5.41, 5.74) is -0.488. The second kappa shape index (κ2) is 6.88. The quantitative estimate of drug-likeness (QED) is 0.805. The Morgan fingerprint density at radius 3 is 2.41 bits per heavy atom. The number of amides is 2. The van der Waals surface area contributed by atoms with E-state index in [1.54, 1.807) is 4.90 Å². The molecule has 1 atom stereocenters. The maximum atomic E-state index is 12.5. The first-order chi connectivity index (χ1) is 10.3. The van der Waals surface area contributed by atoms with Crippen molar-refractivity contribution in [1.82, 2.24) is 9.80 Å². The third-order valence-corrected chi connectivity index (χ3v) is 4.57. The molecule has 2 fully saturated rings. The minimum Gasteiger partial charge on any atom is -0.444 e. The van der Waals surface area contributed by atoms with Crippen molar-refractivity contribution in [3.63, 3.8) is 0 Å². The fourth-order valence-corrected chi connectivity index (χ4v) is 3.44. The third-order valence-electron chi connectivity index (χ3n) is 4.57. The predicted molar refractivity (Wildman–Crippen MR) is 85.5 cm³/mol. The molecule has 0 N–H and O–H groups in total. The number of ether oxygens (including phenoxy) is 1. The molecule has 1 aliphatic heterocycles. The average molecular weight is 310 g/mol. The van der Waals surface area contributed by atoms with Crippen LogP contribution in [0.15, 0.2) is 0 Å². The normalized spacial score (nSPS) is 22.9. The van der Waals surface area contributed by atoms with Crippen molar-refractivity contribution in [3.8, 4) is 0 Å². The van der Waals surface area contributed by atoms with Gasteiger partial charge in [0.05, 0.1) is 5.92 Å².